The molecule has 1 aliphatic heterocycles. The third kappa shape index (κ3) is 3.08. The topological polar surface area (TPSA) is 72.5 Å². The lowest BCUT2D eigenvalue weighted by Crippen LogP contribution is -2.65. The minimum absolute atomic E-state index is 0.339. The normalized spacial score (nSPS) is 18.6. The summed E-state index contributed by atoms with van der Waals surface area (Å²) in [6, 6.07) is 10.3. The molecule has 1 aliphatic carbocycles. The van der Waals surface area contributed by atoms with Crippen molar-refractivity contribution in [1.29, 1.82) is 0 Å². The molecule has 0 amide bonds. The van der Waals surface area contributed by atoms with Crippen LogP contribution in [0.25, 0.3) is 16.6 Å². The molecule has 4 heterocycles. The molecule has 154 valence electrons. The largest absolute Gasteiger partial charge is 0.490 e. The molecule has 0 radical (unpaired) electrons. The van der Waals surface area contributed by atoms with Crippen LogP contribution in [0.4, 0.5) is 5.69 Å². The molecule has 0 atom stereocenters. The number of rotatable bonds is 6. The van der Waals surface area contributed by atoms with E-state index in [0.29, 0.717) is 11.5 Å². The molecular weight excluding hydrogens is 378 g/mol. The van der Waals surface area contributed by atoms with Crippen molar-refractivity contribution in [3.63, 3.8) is 0 Å². The summed E-state index contributed by atoms with van der Waals surface area (Å²) in [6.07, 6.45) is 8.24. The average molecular weight is 403 g/mol. The molecule has 1 N–H and O–H groups in total. The quantitative estimate of drug-likeness (QED) is 0.534. The van der Waals surface area contributed by atoms with Gasteiger partial charge in [-0.15, -0.1) is 10.2 Å². The van der Waals surface area contributed by atoms with Crippen LogP contribution in [0, 0.1) is 5.41 Å². The molecule has 1 aromatic carbocycles. The first-order chi connectivity index (χ1) is 14.7. The molecule has 1 saturated heterocycles. The summed E-state index contributed by atoms with van der Waals surface area (Å²) in [7, 11) is 1.97. The van der Waals surface area contributed by atoms with E-state index in [0.717, 1.165) is 53.9 Å². The van der Waals surface area contributed by atoms with Crippen LogP contribution in [0.5, 0.6) is 5.75 Å². The number of pyridine rings is 1. The minimum Gasteiger partial charge on any atom is -0.490 e. The third-order valence-corrected chi connectivity index (χ3v) is 6.52. The first kappa shape index (κ1) is 17.7. The number of nitrogens with one attached hydrogen (secondary N) is 1. The maximum absolute atomic E-state index is 6.23. The molecule has 2 aliphatic rings. The van der Waals surface area contributed by atoms with Crippen molar-refractivity contribution in [3.05, 3.63) is 49.1 Å². The summed E-state index contributed by atoms with van der Waals surface area (Å²) in [5, 5.41) is 16.9. The van der Waals surface area contributed by atoms with Gasteiger partial charge in [0.25, 0.3) is 0 Å². The summed E-state index contributed by atoms with van der Waals surface area (Å²) < 4.78 is 10.0. The van der Waals surface area contributed by atoms with Crippen molar-refractivity contribution in [2.24, 2.45) is 12.5 Å². The fourth-order valence-corrected chi connectivity index (χ4v) is 4.98. The first-order valence-electron chi connectivity index (χ1n) is 10.5. The summed E-state index contributed by atoms with van der Waals surface area (Å²) in [5.41, 5.74) is 3.55. The highest BCUT2D eigenvalue weighted by Gasteiger charge is 2.53. The zero-order chi connectivity index (χ0) is 20.1. The molecule has 8 heteroatoms. The molecule has 1 saturated carbocycles. The van der Waals surface area contributed by atoms with Crippen LogP contribution in [0.15, 0.2) is 49.1 Å². The molecule has 0 unspecified atom stereocenters. The lowest BCUT2D eigenvalue weighted by Gasteiger charge is -2.58. The van der Waals surface area contributed by atoms with E-state index in [1.807, 2.05) is 34.6 Å². The fourth-order valence-electron chi connectivity index (χ4n) is 4.98. The molecule has 30 heavy (non-hydrogen) atoms. The number of hydrogen-bond acceptors (Lipinski definition) is 6. The summed E-state index contributed by atoms with van der Waals surface area (Å²) in [5.74, 6) is 0.955. The standard InChI is InChI=1S/C22H25N7O/c1-27-20-9-18(3-2-16(20)12-25-27)30-19-10-22(11-19)13-28(14-22)7-5-23-17-4-6-29-15-24-26-21(29)8-17/h2-4,6,8-9,12,15,19,23H,5,7,10-11,13-14H2,1H3. The first-order valence-corrected chi connectivity index (χ1v) is 10.5. The van der Waals surface area contributed by atoms with Crippen molar-refractivity contribution < 1.29 is 4.74 Å². The molecule has 3 aromatic heterocycles. The third-order valence-electron chi connectivity index (χ3n) is 6.52. The van der Waals surface area contributed by atoms with Crippen LogP contribution in [0.1, 0.15) is 12.8 Å². The Kier molecular flexibility index (Phi) is 3.95. The minimum atomic E-state index is 0.339. The molecule has 4 aromatic rings. The van der Waals surface area contributed by atoms with E-state index in [9.17, 15) is 0 Å². The number of ether oxygens (including phenoxy) is 1. The Morgan fingerprint density at radius 2 is 2.10 bits per heavy atom. The molecule has 1 spiro atoms. The second kappa shape index (κ2) is 6.70. The number of anilines is 1. The number of likely N-dealkylation sites (tertiary alicyclic amines) is 1. The van der Waals surface area contributed by atoms with Gasteiger partial charge >= 0.3 is 0 Å². The molecule has 0 bridgehead atoms. The predicted molar refractivity (Wildman–Crippen MR) is 115 cm³/mol. The highest BCUT2D eigenvalue weighted by Crippen LogP contribution is 2.49. The molecule has 8 nitrogen and oxygen atoms in total. The van der Waals surface area contributed by atoms with Gasteiger partial charge in [-0.3, -0.25) is 9.08 Å². The van der Waals surface area contributed by atoms with Gasteiger partial charge in [0.15, 0.2) is 5.65 Å². The molecule has 6 rings (SSSR count). The summed E-state index contributed by atoms with van der Waals surface area (Å²) in [6.45, 7) is 4.35. The second-order valence-corrected chi connectivity index (χ2v) is 8.79. The predicted octanol–water partition coefficient (Wildman–Crippen LogP) is 2.57. The Morgan fingerprint density at radius 1 is 1.20 bits per heavy atom. The van der Waals surface area contributed by atoms with Gasteiger partial charge in [-0.05, 0) is 31.0 Å². The highest BCUT2D eigenvalue weighted by atomic mass is 16.5. The number of hydrogen-bond donors (Lipinski definition) is 1. The highest BCUT2D eigenvalue weighted by molar-refractivity contribution is 5.80. The Balaban J connectivity index is 0.956. The van der Waals surface area contributed by atoms with Crippen molar-refractivity contribution in [2.45, 2.75) is 18.9 Å². The summed E-state index contributed by atoms with van der Waals surface area (Å²) in [4.78, 5) is 2.53. The molecular formula is C22H25N7O. The van der Waals surface area contributed by atoms with E-state index in [-0.39, 0.29) is 0 Å². The van der Waals surface area contributed by atoms with Gasteiger partial charge < -0.3 is 15.0 Å². The van der Waals surface area contributed by atoms with E-state index in [1.165, 1.54) is 13.1 Å². The van der Waals surface area contributed by atoms with Crippen molar-refractivity contribution in [1.82, 2.24) is 29.3 Å². The maximum atomic E-state index is 6.23. The Hall–Kier alpha value is -3.13. The van der Waals surface area contributed by atoms with Gasteiger partial charge in [-0.2, -0.15) is 5.10 Å². The van der Waals surface area contributed by atoms with Crippen LogP contribution in [-0.2, 0) is 7.05 Å². The number of nitrogens with zero attached hydrogens (tertiary/aromatic N) is 6. The molecule has 2 fully saturated rings. The average Bonchev–Trinajstić information content (AvgIpc) is 3.30. The van der Waals surface area contributed by atoms with Gasteiger partial charge in [0, 0.05) is 68.0 Å². The van der Waals surface area contributed by atoms with Crippen LogP contribution < -0.4 is 10.1 Å². The second-order valence-electron chi connectivity index (χ2n) is 8.79. The fraction of sp³-hybridized carbons (Fsp3) is 0.409. The number of benzene rings is 1. The van der Waals surface area contributed by atoms with Gasteiger partial charge in [0.2, 0.25) is 0 Å². The van der Waals surface area contributed by atoms with E-state index in [4.69, 9.17) is 4.74 Å². The zero-order valence-corrected chi connectivity index (χ0v) is 17.0. The van der Waals surface area contributed by atoms with Gasteiger partial charge in [0.05, 0.1) is 17.8 Å². The number of aryl methyl sites for hydroxylation is 1. The Labute approximate surface area is 174 Å². The van der Waals surface area contributed by atoms with E-state index >= 15 is 0 Å². The Morgan fingerprint density at radius 3 is 3.00 bits per heavy atom. The van der Waals surface area contributed by atoms with Crippen molar-refractivity contribution >= 4 is 22.2 Å². The van der Waals surface area contributed by atoms with E-state index in [1.54, 1.807) is 6.33 Å². The zero-order valence-electron chi connectivity index (χ0n) is 17.0. The van der Waals surface area contributed by atoms with Crippen LogP contribution in [0.3, 0.4) is 0 Å². The van der Waals surface area contributed by atoms with Crippen LogP contribution in [-0.4, -0.2) is 61.6 Å². The van der Waals surface area contributed by atoms with Crippen LogP contribution in [0.2, 0.25) is 0 Å². The van der Waals surface area contributed by atoms with Gasteiger partial charge in [-0.1, -0.05) is 0 Å². The SMILES string of the molecule is Cn1ncc2ccc(OC3CC4(C3)CN(CCNc3ccn5cnnc5c3)C4)cc21. The van der Waals surface area contributed by atoms with Crippen LogP contribution >= 0.6 is 0 Å². The lowest BCUT2D eigenvalue weighted by molar-refractivity contribution is -0.117. The Bertz CT molecular complexity index is 1200. The number of aromatic nitrogens is 5. The summed E-state index contributed by atoms with van der Waals surface area (Å²) >= 11 is 0. The van der Waals surface area contributed by atoms with E-state index < -0.39 is 0 Å². The van der Waals surface area contributed by atoms with E-state index in [2.05, 4.69) is 49.8 Å². The monoisotopic (exact) mass is 403 g/mol. The lowest BCUT2D eigenvalue weighted by atomic mass is 9.62. The smallest absolute Gasteiger partial charge is 0.162 e. The van der Waals surface area contributed by atoms with Crippen molar-refractivity contribution in [2.75, 3.05) is 31.5 Å². The van der Waals surface area contributed by atoms with Gasteiger partial charge in [-0.25, -0.2) is 0 Å². The number of fused-ring (bicyclic) bond motifs is 2. The maximum Gasteiger partial charge on any atom is 0.162 e. The van der Waals surface area contributed by atoms with Gasteiger partial charge in [0.1, 0.15) is 12.1 Å². The van der Waals surface area contributed by atoms with Crippen molar-refractivity contribution in [3.8, 4) is 5.75 Å².